The molecule has 0 radical (unpaired) electrons. The van der Waals surface area contributed by atoms with Crippen LogP contribution in [0.4, 0.5) is 13.2 Å². The minimum atomic E-state index is -1.02. The molecule has 0 aliphatic heterocycles. The van der Waals surface area contributed by atoms with E-state index < -0.39 is 23.8 Å². The van der Waals surface area contributed by atoms with Crippen LogP contribution in [0.5, 0.6) is 0 Å². The summed E-state index contributed by atoms with van der Waals surface area (Å²) in [5.74, 6) is -2.24. The molecule has 0 saturated heterocycles. The van der Waals surface area contributed by atoms with Gasteiger partial charge >= 0.3 is 0 Å². The topological polar surface area (TPSA) is 61.4 Å². The number of benzene rings is 3. The van der Waals surface area contributed by atoms with Crippen molar-refractivity contribution in [1.29, 1.82) is 0 Å². The Morgan fingerprint density at radius 2 is 1.68 bits per heavy atom. The van der Waals surface area contributed by atoms with Crippen molar-refractivity contribution < 1.29 is 23.1 Å². The third-order valence-corrected chi connectivity index (χ3v) is 6.01. The Bertz CT molecular complexity index is 1090. The highest BCUT2D eigenvalue weighted by atomic mass is 127. The zero-order chi connectivity index (χ0) is 24.5. The molecule has 1 amide bonds. The standard InChI is InChI=1S/C26H26F3IN2O2/c27-20-10-18(11-21(28)14-20)13-24(25(33)16-31-15-17-4-3-6-22(30)12-17)32-26(34)9-8-19-5-1-2-7-23(19)29/h1-7,10-12,14,24-25,31,33H,8-9,13,15-16H2,(H,32,34)/t24-,25-/m0/s1. The highest BCUT2D eigenvalue weighted by Crippen LogP contribution is 2.14. The molecule has 3 rings (SSSR count). The Balaban J connectivity index is 1.63. The number of halogens is 4. The highest BCUT2D eigenvalue weighted by Gasteiger charge is 2.22. The number of hydrogen-bond acceptors (Lipinski definition) is 3. The van der Waals surface area contributed by atoms with E-state index in [0.29, 0.717) is 17.7 Å². The molecule has 4 nitrogen and oxygen atoms in total. The third-order valence-electron chi connectivity index (χ3n) is 5.34. The molecule has 0 heterocycles. The van der Waals surface area contributed by atoms with Crippen molar-refractivity contribution in [3.05, 3.63) is 104 Å². The first kappa shape index (κ1) is 26.2. The maximum absolute atomic E-state index is 13.8. The summed E-state index contributed by atoms with van der Waals surface area (Å²) in [6.07, 6.45) is -0.781. The molecule has 0 bridgehead atoms. The molecule has 3 aromatic carbocycles. The monoisotopic (exact) mass is 582 g/mol. The quantitative estimate of drug-likeness (QED) is 0.292. The van der Waals surface area contributed by atoms with Crippen LogP contribution >= 0.6 is 22.6 Å². The molecule has 0 spiro atoms. The second-order valence-electron chi connectivity index (χ2n) is 8.08. The average Bonchev–Trinajstić information content (AvgIpc) is 2.77. The predicted octanol–water partition coefficient (Wildman–Crippen LogP) is 4.52. The minimum absolute atomic E-state index is 0.0115. The number of amides is 1. The number of aryl methyl sites for hydroxylation is 1. The van der Waals surface area contributed by atoms with Crippen LogP contribution in [0.3, 0.4) is 0 Å². The Morgan fingerprint density at radius 3 is 2.38 bits per heavy atom. The first-order chi connectivity index (χ1) is 16.3. The van der Waals surface area contributed by atoms with E-state index in [2.05, 4.69) is 33.2 Å². The van der Waals surface area contributed by atoms with Gasteiger partial charge in [0, 0.05) is 29.1 Å². The van der Waals surface area contributed by atoms with Crippen molar-refractivity contribution in [2.75, 3.05) is 6.54 Å². The molecule has 180 valence electrons. The fraction of sp³-hybridized carbons (Fsp3) is 0.269. The van der Waals surface area contributed by atoms with Crippen LogP contribution in [0.2, 0.25) is 0 Å². The lowest BCUT2D eigenvalue weighted by molar-refractivity contribution is -0.122. The van der Waals surface area contributed by atoms with Gasteiger partial charge in [0.05, 0.1) is 12.1 Å². The third kappa shape index (κ3) is 8.41. The second kappa shape index (κ2) is 12.9. The summed E-state index contributed by atoms with van der Waals surface area (Å²) in [6, 6.07) is 16.4. The maximum atomic E-state index is 13.8. The molecule has 34 heavy (non-hydrogen) atoms. The van der Waals surface area contributed by atoms with Gasteiger partial charge in [0.2, 0.25) is 5.91 Å². The zero-order valence-corrected chi connectivity index (χ0v) is 20.6. The van der Waals surface area contributed by atoms with E-state index in [0.717, 1.165) is 15.2 Å². The van der Waals surface area contributed by atoms with Crippen LogP contribution in [0.15, 0.2) is 66.7 Å². The van der Waals surface area contributed by atoms with Crippen LogP contribution in [-0.4, -0.2) is 29.7 Å². The van der Waals surface area contributed by atoms with E-state index in [1.165, 1.54) is 18.2 Å². The van der Waals surface area contributed by atoms with Crippen molar-refractivity contribution in [3.63, 3.8) is 0 Å². The van der Waals surface area contributed by atoms with Gasteiger partial charge in [0.1, 0.15) is 17.5 Å². The van der Waals surface area contributed by atoms with Crippen LogP contribution < -0.4 is 10.6 Å². The van der Waals surface area contributed by atoms with Crippen molar-refractivity contribution in [1.82, 2.24) is 10.6 Å². The summed E-state index contributed by atoms with van der Waals surface area (Å²) in [4.78, 5) is 12.6. The fourth-order valence-electron chi connectivity index (χ4n) is 3.65. The van der Waals surface area contributed by atoms with Crippen molar-refractivity contribution in [2.24, 2.45) is 0 Å². The molecule has 0 aliphatic rings. The van der Waals surface area contributed by atoms with E-state index in [4.69, 9.17) is 0 Å². The Morgan fingerprint density at radius 1 is 0.941 bits per heavy atom. The highest BCUT2D eigenvalue weighted by molar-refractivity contribution is 14.1. The Labute approximate surface area is 210 Å². The van der Waals surface area contributed by atoms with Crippen LogP contribution in [0, 0.1) is 21.0 Å². The van der Waals surface area contributed by atoms with Crippen LogP contribution in [0.25, 0.3) is 0 Å². The van der Waals surface area contributed by atoms with E-state index >= 15 is 0 Å². The van der Waals surface area contributed by atoms with Crippen molar-refractivity contribution >= 4 is 28.5 Å². The molecule has 0 aliphatic carbocycles. The van der Waals surface area contributed by atoms with Crippen molar-refractivity contribution in [2.45, 2.75) is 38.0 Å². The van der Waals surface area contributed by atoms with Gasteiger partial charge in [-0.3, -0.25) is 4.79 Å². The summed E-state index contributed by atoms with van der Waals surface area (Å²) in [5, 5.41) is 16.7. The molecular weight excluding hydrogens is 556 g/mol. The van der Waals surface area contributed by atoms with E-state index in [9.17, 15) is 23.1 Å². The first-order valence-corrected chi connectivity index (χ1v) is 12.0. The first-order valence-electron chi connectivity index (χ1n) is 10.9. The summed E-state index contributed by atoms with van der Waals surface area (Å²) >= 11 is 2.22. The SMILES string of the molecule is O=C(CCc1ccccc1F)N[C@@H](Cc1cc(F)cc(F)c1)[C@@H](O)CNCc1cccc(I)c1. The molecule has 0 fully saturated rings. The Kier molecular flexibility index (Phi) is 9.91. The summed E-state index contributed by atoms with van der Waals surface area (Å²) in [7, 11) is 0. The maximum Gasteiger partial charge on any atom is 0.220 e. The van der Waals surface area contributed by atoms with Gasteiger partial charge < -0.3 is 15.7 Å². The fourth-order valence-corrected chi connectivity index (χ4v) is 4.26. The predicted molar refractivity (Wildman–Crippen MR) is 134 cm³/mol. The summed E-state index contributed by atoms with van der Waals surface area (Å²) in [6.45, 7) is 0.665. The van der Waals surface area contributed by atoms with Gasteiger partial charge in [-0.05, 0) is 82.5 Å². The Hall–Kier alpha value is -2.43. The van der Waals surface area contributed by atoms with Gasteiger partial charge in [-0.25, -0.2) is 13.2 Å². The number of aliphatic hydroxyl groups is 1. The summed E-state index contributed by atoms with van der Waals surface area (Å²) in [5.41, 5.74) is 1.77. The van der Waals surface area contributed by atoms with E-state index in [-0.39, 0.29) is 37.5 Å². The van der Waals surface area contributed by atoms with Gasteiger partial charge in [-0.15, -0.1) is 0 Å². The second-order valence-corrected chi connectivity index (χ2v) is 9.32. The van der Waals surface area contributed by atoms with E-state index in [1.807, 2.05) is 24.3 Å². The lowest BCUT2D eigenvalue weighted by Gasteiger charge is -2.25. The molecular formula is C26H26F3IN2O2. The number of hydrogen-bond donors (Lipinski definition) is 3. The normalized spacial score (nSPS) is 12.9. The lowest BCUT2D eigenvalue weighted by Crippen LogP contribution is -2.48. The van der Waals surface area contributed by atoms with Gasteiger partial charge in [-0.2, -0.15) is 0 Å². The van der Waals surface area contributed by atoms with Crippen LogP contribution in [-0.2, 0) is 24.2 Å². The smallest absolute Gasteiger partial charge is 0.220 e. The minimum Gasteiger partial charge on any atom is -0.390 e. The molecule has 3 aromatic rings. The molecule has 0 saturated carbocycles. The molecule has 2 atom stereocenters. The number of carbonyl (C=O) groups is 1. The average molecular weight is 582 g/mol. The largest absolute Gasteiger partial charge is 0.390 e. The number of rotatable bonds is 11. The number of nitrogens with one attached hydrogen (secondary N) is 2. The van der Waals surface area contributed by atoms with Crippen LogP contribution in [0.1, 0.15) is 23.1 Å². The van der Waals surface area contributed by atoms with Gasteiger partial charge in [0.25, 0.3) is 0 Å². The number of carbonyl (C=O) groups excluding carboxylic acids is 1. The van der Waals surface area contributed by atoms with E-state index in [1.54, 1.807) is 18.2 Å². The zero-order valence-electron chi connectivity index (χ0n) is 18.4. The van der Waals surface area contributed by atoms with Gasteiger partial charge in [0.15, 0.2) is 0 Å². The molecule has 8 heteroatoms. The van der Waals surface area contributed by atoms with Crippen molar-refractivity contribution in [3.8, 4) is 0 Å². The number of aliphatic hydroxyl groups excluding tert-OH is 1. The summed E-state index contributed by atoms with van der Waals surface area (Å²) < 4.78 is 42.3. The lowest BCUT2D eigenvalue weighted by atomic mass is 10.00. The molecule has 0 aromatic heterocycles. The van der Waals surface area contributed by atoms with Gasteiger partial charge in [-0.1, -0.05) is 30.3 Å². The molecule has 3 N–H and O–H groups in total. The molecule has 0 unspecified atom stereocenters.